The molecule has 1 aliphatic rings. The standard InChI is InChI=1S/C8H6N2O2S/c11-7-6(9-8(13)10-7)3-5-1-2-12-4-5/h1-4H,(H2,9,10,11,13)/b6-3+. The van der Waals surface area contributed by atoms with E-state index in [1.54, 1.807) is 18.4 Å². The highest BCUT2D eigenvalue weighted by molar-refractivity contribution is 7.80. The van der Waals surface area contributed by atoms with Gasteiger partial charge in [0.05, 0.1) is 12.5 Å². The van der Waals surface area contributed by atoms with Gasteiger partial charge in [0.1, 0.15) is 5.70 Å². The SMILES string of the molecule is O=C1NC(=S)N/C1=C/c1ccoc1. The van der Waals surface area contributed by atoms with E-state index in [0.29, 0.717) is 10.8 Å². The van der Waals surface area contributed by atoms with Gasteiger partial charge >= 0.3 is 0 Å². The lowest BCUT2D eigenvalue weighted by molar-refractivity contribution is -0.115. The van der Waals surface area contributed by atoms with E-state index in [9.17, 15) is 4.79 Å². The van der Waals surface area contributed by atoms with Gasteiger partial charge in [-0.05, 0) is 24.4 Å². The zero-order valence-electron chi connectivity index (χ0n) is 6.53. The van der Waals surface area contributed by atoms with Gasteiger partial charge in [0.2, 0.25) is 0 Å². The maximum absolute atomic E-state index is 11.2. The number of hydrogen-bond donors (Lipinski definition) is 2. The Bertz CT molecular complexity index is 381. The Morgan fingerprint density at radius 2 is 2.31 bits per heavy atom. The van der Waals surface area contributed by atoms with Crippen LogP contribution in [0, 0.1) is 0 Å². The highest BCUT2D eigenvalue weighted by Gasteiger charge is 2.19. The second-order valence-electron chi connectivity index (χ2n) is 2.52. The van der Waals surface area contributed by atoms with Gasteiger partial charge in [-0.15, -0.1) is 0 Å². The molecule has 0 bridgehead atoms. The quantitative estimate of drug-likeness (QED) is 0.508. The summed E-state index contributed by atoms with van der Waals surface area (Å²) in [6, 6.07) is 1.75. The Labute approximate surface area is 79.6 Å². The molecule has 0 spiro atoms. The zero-order valence-corrected chi connectivity index (χ0v) is 7.35. The van der Waals surface area contributed by atoms with Crippen LogP contribution in [0.4, 0.5) is 0 Å². The number of thiocarbonyl (C=S) groups is 1. The minimum atomic E-state index is -0.216. The number of carbonyl (C=O) groups is 1. The molecule has 0 aromatic carbocycles. The molecule has 66 valence electrons. The van der Waals surface area contributed by atoms with Gasteiger partial charge in [-0.2, -0.15) is 0 Å². The van der Waals surface area contributed by atoms with Gasteiger partial charge in [0, 0.05) is 5.56 Å². The van der Waals surface area contributed by atoms with Crippen LogP contribution in [0.2, 0.25) is 0 Å². The van der Waals surface area contributed by atoms with Gasteiger partial charge in [-0.25, -0.2) is 0 Å². The molecule has 1 saturated heterocycles. The third-order valence-corrected chi connectivity index (χ3v) is 1.78. The Kier molecular flexibility index (Phi) is 1.86. The molecule has 0 radical (unpaired) electrons. The number of furan rings is 1. The summed E-state index contributed by atoms with van der Waals surface area (Å²) < 4.78 is 4.85. The lowest BCUT2D eigenvalue weighted by atomic mass is 10.3. The molecule has 2 N–H and O–H groups in total. The number of nitrogens with one attached hydrogen (secondary N) is 2. The minimum Gasteiger partial charge on any atom is -0.472 e. The molecule has 2 rings (SSSR count). The highest BCUT2D eigenvalue weighted by atomic mass is 32.1. The van der Waals surface area contributed by atoms with E-state index in [-0.39, 0.29) is 5.91 Å². The fourth-order valence-electron chi connectivity index (χ4n) is 1.01. The Morgan fingerprint density at radius 3 is 2.85 bits per heavy atom. The average Bonchev–Trinajstić information content (AvgIpc) is 2.63. The van der Waals surface area contributed by atoms with E-state index in [2.05, 4.69) is 10.6 Å². The fourth-order valence-corrected chi connectivity index (χ4v) is 1.21. The van der Waals surface area contributed by atoms with E-state index >= 15 is 0 Å². The number of rotatable bonds is 1. The van der Waals surface area contributed by atoms with Crippen molar-refractivity contribution in [2.75, 3.05) is 0 Å². The smallest absolute Gasteiger partial charge is 0.273 e. The molecule has 1 amide bonds. The van der Waals surface area contributed by atoms with E-state index in [0.717, 1.165) is 5.56 Å². The van der Waals surface area contributed by atoms with Crippen molar-refractivity contribution in [2.24, 2.45) is 0 Å². The molecule has 1 aromatic rings. The lowest BCUT2D eigenvalue weighted by Crippen LogP contribution is -2.21. The summed E-state index contributed by atoms with van der Waals surface area (Å²) in [6.45, 7) is 0. The van der Waals surface area contributed by atoms with E-state index < -0.39 is 0 Å². The highest BCUT2D eigenvalue weighted by Crippen LogP contribution is 2.07. The number of hydrogen-bond acceptors (Lipinski definition) is 3. The normalized spacial score (nSPS) is 18.9. The molecule has 5 heteroatoms. The van der Waals surface area contributed by atoms with Crippen LogP contribution in [0.15, 0.2) is 28.7 Å². The molecular weight excluding hydrogens is 188 g/mol. The Morgan fingerprint density at radius 1 is 1.46 bits per heavy atom. The third kappa shape index (κ3) is 1.59. The van der Waals surface area contributed by atoms with Crippen LogP contribution in [0.5, 0.6) is 0 Å². The van der Waals surface area contributed by atoms with Crippen LogP contribution in [0.25, 0.3) is 6.08 Å². The van der Waals surface area contributed by atoms with Crippen LogP contribution in [-0.4, -0.2) is 11.0 Å². The summed E-state index contributed by atoms with van der Waals surface area (Å²) in [5, 5.41) is 5.53. The van der Waals surface area contributed by atoms with Gasteiger partial charge in [0.25, 0.3) is 5.91 Å². The molecule has 13 heavy (non-hydrogen) atoms. The van der Waals surface area contributed by atoms with Crippen molar-refractivity contribution >= 4 is 29.3 Å². The van der Waals surface area contributed by atoms with Gasteiger partial charge < -0.3 is 9.73 Å². The van der Waals surface area contributed by atoms with Crippen molar-refractivity contribution in [3.8, 4) is 0 Å². The molecule has 0 saturated carbocycles. The molecule has 1 aliphatic heterocycles. The van der Waals surface area contributed by atoms with Crippen LogP contribution in [0.3, 0.4) is 0 Å². The van der Waals surface area contributed by atoms with Crippen molar-refractivity contribution in [2.45, 2.75) is 0 Å². The lowest BCUT2D eigenvalue weighted by Gasteiger charge is -1.90. The topological polar surface area (TPSA) is 54.3 Å². The third-order valence-electron chi connectivity index (χ3n) is 1.57. The predicted octanol–water partition coefficient (Wildman–Crippen LogP) is 0.625. The molecule has 0 unspecified atom stereocenters. The maximum Gasteiger partial charge on any atom is 0.273 e. The first kappa shape index (κ1) is 8.00. The summed E-state index contributed by atoms with van der Waals surface area (Å²) in [5.74, 6) is -0.216. The first-order valence-corrected chi connectivity index (χ1v) is 4.03. The summed E-state index contributed by atoms with van der Waals surface area (Å²) >= 11 is 4.76. The molecular formula is C8H6N2O2S. The van der Waals surface area contributed by atoms with Crippen molar-refractivity contribution in [3.05, 3.63) is 29.9 Å². The van der Waals surface area contributed by atoms with E-state index in [4.69, 9.17) is 16.6 Å². The maximum atomic E-state index is 11.2. The number of carbonyl (C=O) groups excluding carboxylic acids is 1. The average molecular weight is 194 g/mol. The van der Waals surface area contributed by atoms with Crippen LogP contribution in [-0.2, 0) is 4.79 Å². The van der Waals surface area contributed by atoms with Gasteiger partial charge in [-0.1, -0.05) is 0 Å². The minimum absolute atomic E-state index is 0.216. The van der Waals surface area contributed by atoms with Crippen LogP contribution >= 0.6 is 12.2 Å². The second kappa shape index (κ2) is 3.02. The first-order chi connectivity index (χ1) is 6.25. The van der Waals surface area contributed by atoms with E-state index in [1.807, 2.05) is 0 Å². The Balaban J connectivity index is 2.27. The molecule has 0 aliphatic carbocycles. The largest absolute Gasteiger partial charge is 0.472 e. The molecule has 1 fully saturated rings. The summed E-state index contributed by atoms with van der Waals surface area (Å²) in [4.78, 5) is 11.2. The molecule has 4 nitrogen and oxygen atoms in total. The molecule has 1 aromatic heterocycles. The van der Waals surface area contributed by atoms with Crippen molar-refractivity contribution in [1.82, 2.24) is 10.6 Å². The van der Waals surface area contributed by atoms with Crippen molar-refractivity contribution < 1.29 is 9.21 Å². The van der Waals surface area contributed by atoms with Gasteiger partial charge in [-0.3, -0.25) is 10.1 Å². The van der Waals surface area contributed by atoms with Gasteiger partial charge in [0.15, 0.2) is 5.11 Å². The first-order valence-electron chi connectivity index (χ1n) is 3.62. The molecule has 0 atom stereocenters. The second-order valence-corrected chi connectivity index (χ2v) is 2.93. The monoisotopic (exact) mass is 194 g/mol. The predicted molar refractivity (Wildman–Crippen MR) is 50.6 cm³/mol. The van der Waals surface area contributed by atoms with Crippen molar-refractivity contribution in [1.29, 1.82) is 0 Å². The summed E-state index contributed by atoms with van der Waals surface area (Å²) in [6.07, 6.45) is 4.75. The zero-order chi connectivity index (χ0) is 9.26. The Hall–Kier alpha value is -1.62. The molecule has 2 heterocycles. The number of amides is 1. The summed E-state index contributed by atoms with van der Waals surface area (Å²) in [7, 11) is 0. The fraction of sp³-hybridized carbons (Fsp3) is 0. The van der Waals surface area contributed by atoms with Crippen molar-refractivity contribution in [3.63, 3.8) is 0 Å². The van der Waals surface area contributed by atoms with Crippen LogP contribution in [0.1, 0.15) is 5.56 Å². The van der Waals surface area contributed by atoms with Crippen LogP contribution < -0.4 is 10.6 Å². The summed E-state index contributed by atoms with van der Waals surface area (Å²) in [5.41, 5.74) is 1.26. The van der Waals surface area contributed by atoms with E-state index in [1.165, 1.54) is 6.26 Å².